The van der Waals surface area contributed by atoms with Crippen molar-refractivity contribution >= 4 is 23.2 Å². The van der Waals surface area contributed by atoms with Crippen LogP contribution in [0.4, 0.5) is 0 Å². The molecule has 1 amide bonds. The number of carboxylic acids is 1. The topological polar surface area (TPSA) is 77.8 Å². The molecule has 0 fully saturated rings. The molecule has 2 atom stereocenters. The Bertz CT molecular complexity index is 606. The van der Waals surface area contributed by atoms with Gasteiger partial charge in [-0.05, 0) is 34.7 Å². The van der Waals surface area contributed by atoms with Gasteiger partial charge in [-0.1, -0.05) is 33.6 Å². The van der Waals surface area contributed by atoms with Gasteiger partial charge in [0.2, 0.25) is 0 Å². The third-order valence-electron chi connectivity index (χ3n) is 4.22. The number of carboxylic acid groups (broad SMARTS) is 1. The minimum Gasteiger partial charge on any atom is -0.503 e. The van der Waals surface area contributed by atoms with Crippen LogP contribution in [0.15, 0.2) is 28.2 Å². The zero-order valence-electron chi connectivity index (χ0n) is 13.7. The molecule has 1 aliphatic heterocycles. The first-order chi connectivity index (χ1) is 10.9. The smallest absolute Gasteiger partial charge is 0.326 e. The highest BCUT2D eigenvalue weighted by molar-refractivity contribution is 7.08. The van der Waals surface area contributed by atoms with Crippen molar-refractivity contribution in [1.29, 1.82) is 0 Å². The van der Waals surface area contributed by atoms with Gasteiger partial charge in [0.1, 0.15) is 6.04 Å². The third-order valence-corrected chi connectivity index (χ3v) is 4.92. The lowest BCUT2D eigenvalue weighted by Crippen LogP contribution is -2.44. The largest absolute Gasteiger partial charge is 0.503 e. The van der Waals surface area contributed by atoms with Crippen LogP contribution >= 0.6 is 11.3 Å². The second kappa shape index (κ2) is 7.17. The first-order valence-electron chi connectivity index (χ1n) is 7.90. The molecule has 0 aliphatic carbocycles. The predicted molar refractivity (Wildman–Crippen MR) is 89.3 cm³/mol. The first kappa shape index (κ1) is 17.5. The summed E-state index contributed by atoms with van der Waals surface area (Å²) in [5, 5.41) is 23.7. The van der Waals surface area contributed by atoms with Crippen molar-refractivity contribution in [2.24, 2.45) is 5.92 Å². The number of unbranched alkanes of at least 4 members (excludes halogenated alkanes) is 1. The van der Waals surface area contributed by atoms with E-state index in [0.717, 1.165) is 18.4 Å². The summed E-state index contributed by atoms with van der Waals surface area (Å²) in [5.74, 6) is -1.94. The van der Waals surface area contributed by atoms with Crippen molar-refractivity contribution in [2.75, 3.05) is 0 Å². The average Bonchev–Trinajstić information content (AvgIpc) is 3.08. The number of carbonyl (C=O) groups is 2. The summed E-state index contributed by atoms with van der Waals surface area (Å²) < 4.78 is 0. The van der Waals surface area contributed by atoms with Gasteiger partial charge in [0.05, 0.1) is 6.04 Å². The van der Waals surface area contributed by atoms with E-state index in [1.54, 1.807) is 0 Å². The Morgan fingerprint density at radius 1 is 1.43 bits per heavy atom. The van der Waals surface area contributed by atoms with Crippen molar-refractivity contribution < 1.29 is 19.8 Å². The van der Waals surface area contributed by atoms with E-state index in [4.69, 9.17) is 0 Å². The lowest BCUT2D eigenvalue weighted by Gasteiger charge is -2.32. The number of hydrogen-bond acceptors (Lipinski definition) is 4. The molecule has 126 valence electrons. The molecule has 23 heavy (non-hydrogen) atoms. The molecule has 1 aromatic rings. The summed E-state index contributed by atoms with van der Waals surface area (Å²) in [6, 6.07) is 0.465. The Hall–Kier alpha value is -1.82. The summed E-state index contributed by atoms with van der Waals surface area (Å²) in [4.78, 5) is 25.7. The van der Waals surface area contributed by atoms with Gasteiger partial charge in [-0.2, -0.15) is 11.3 Å². The Balaban J connectivity index is 2.48. The van der Waals surface area contributed by atoms with Gasteiger partial charge in [-0.3, -0.25) is 4.79 Å². The van der Waals surface area contributed by atoms with Crippen LogP contribution in [0.5, 0.6) is 0 Å². The van der Waals surface area contributed by atoms with Crippen LogP contribution in [0.25, 0.3) is 0 Å². The van der Waals surface area contributed by atoms with E-state index >= 15 is 0 Å². The minimum absolute atomic E-state index is 0.0468. The number of carbonyl (C=O) groups excluding carboxylic acids is 1. The molecule has 0 spiro atoms. The normalized spacial score (nSPS) is 19.7. The molecule has 0 bridgehead atoms. The Morgan fingerprint density at radius 2 is 2.13 bits per heavy atom. The Labute approximate surface area is 140 Å². The summed E-state index contributed by atoms with van der Waals surface area (Å²) in [7, 11) is 0. The van der Waals surface area contributed by atoms with Crippen LogP contribution in [0.2, 0.25) is 0 Å². The molecule has 1 aliphatic rings. The minimum atomic E-state index is -1.02. The van der Waals surface area contributed by atoms with Gasteiger partial charge >= 0.3 is 5.97 Å². The van der Waals surface area contributed by atoms with Crippen LogP contribution in [-0.2, 0) is 9.59 Å². The standard InChI is InChI=1S/C17H23NO4S/c1-4-5-6-12(17(21)22)18-14(11-7-8-23-9-11)13(10(2)3)15(19)16(18)20/h7-10,12,14,19H,4-6H2,1-3H3,(H,21,22). The van der Waals surface area contributed by atoms with Crippen LogP contribution in [-0.4, -0.2) is 33.0 Å². The first-order valence-corrected chi connectivity index (χ1v) is 8.85. The lowest BCUT2D eigenvalue weighted by atomic mass is 9.92. The molecule has 5 nitrogen and oxygen atoms in total. The van der Waals surface area contributed by atoms with E-state index in [1.165, 1.54) is 16.2 Å². The van der Waals surface area contributed by atoms with Gasteiger partial charge in [-0.25, -0.2) is 4.79 Å². The van der Waals surface area contributed by atoms with E-state index in [-0.39, 0.29) is 11.7 Å². The molecular formula is C17H23NO4S. The molecule has 1 aromatic heterocycles. The highest BCUT2D eigenvalue weighted by Crippen LogP contribution is 2.43. The van der Waals surface area contributed by atoms with Crippen molar-refractivity contribution in [3.05, 3.63) is 33.7 Å². The van der Waals surface area contributed by atoms with E-state index in [1.807, 2.05) is 37.6 Å². The van der Waals surface area contributed by atoms with Crippen LogP contribution in [0, 0.1) is 5.92 Å². The van der Waals surface area contributed by atoms with Crippen molar-refractivity contribution in [2.45, 2.75) is 52.1 Å². The number of amides is 1. The molecule has 2 N–H and O–H groups in total. The van der Waals surface area contributed by atoms with Gasteiger partial charge in [0.25, 0.3) is 5.91 Å². The highest BCUT2D eigenvalue weighted by atomic mass is 32.1. The zero-order chi connectivity index (χ0) is 17.1. The Morgan fingerprint density at radius 3 is 2.61 bits per heavy atom. The number of rotatable bonds is 7. The molecule has 0 radical (unpaired) electrons. The summed E-state index contributed by atoms with van der Waals surface area (Å²) in [6.45, 7) is 5.80. The molecule has 2 unspecified atom stereocenters. The molecule has 2 rings (SSSR count). The highest BCUT2D eigenvalue weighted by Gasteiger charge is 2.46. The maximum atomic E-state index is 12.6. The van der Waals surface area contributed by atoms with Crippen molar-refractivity contribution in [3.8, 4) is 0 Å². The monoisotopic (exact) mass is 337 g/mol. The maximum absolute atomic E-state index is 12.6. The molecular weight excluding hydrogens is 314 g/mol. The number of aliphatic hydroxyl groups is 1. The van der Waals surface area contributed by atoms with Gasteiger partial charge < -0.3 is 15.1 Å². The van der Waals surface area contributed by atoms with E-state index in [9.17, 15) is 19.8 Å². The number of aliphatic hydroxyl groups excluding tert-OH is 1. The van der Waals surface area contributed by atoms with Crippen LogP contribution in [0.1, 0.15) is 51.6 Å². The van der Waals surface area contributed by atoms with Gasteiger partial charge in [0.15, 0.2) is 5.76 Å². The maximum Gasteiger partial charge on any atom is 0.326 e. The molecule has 0 saturated heterocycles. The van der Waals surface area contributed by atoms with E-state index in [2.05, 4.69) is 0 Å². The second-order valence-electron chi connectivity index (χ2n) is 6.13. The number of thiophene rings is 1. The predicted octanol–water partition coefficient (Wildman–Crippen LogP) is 3.74. The van der Waals surface area contributed by atoms with Gasteiger partial charge in [-0.15, -0.1) is 0 Å². The SMILES string of the molecule is CCCCC(C(=O)O)N1C(=O)C(O)=C(C(C)C)C1c1ccsc1. The fourth-order valence-electron chi connectivity index (χ4n) is 3.10. The summed E-state index contributed by atoms with van der Waals surface area (Å²) in [6.07, 6.45) is 1.96. The molecule has 0 aromatic carbocycles. The second-order valence-corrected chi connectivity index (χ2v) is 6.91. The average molecular weight is 337 g/mol. The third kappa shape index (κ3) is 3.27. The molecule has 6 heteroatoms. The zero-order valence-corrected chi connectivity index (χ0v) is 14.5. The number of hydrogen-bond donors (Lipinski definition) is 2. The fraction of sp³-hybridized carbons (Fsp3) is 0.529. The summed E-state index contributed by atoms with van der Waals surface area (Å²) in [5.41, 5.74) is 1.47. The lowest BCUT2D eigenvalue weighted by molar-refractivity contribution is -0.150. The van der Waals surface area contributed by atoms with Crippen molar-refractivity contribution in [3.63, 3.8) is 0 Å². The van der Waals surface area contributed by atoms with Crippen LogP contribution < -0.4 is 0 Å². The van der Waals surface area contributed by atoms with Crippen molar-refractivity contribution in [1.82, 2.24) is 4.90 Å². The van der Waals surface area contributed by atoms with Gasteiger partial charge in [0, 0.05) is 5.57 Å². The Kier molecular flexibility index (Phi) is 5.46. The number of nitrogens with zero attached hydrogens (tertiary/aromatic N) is 1. The van der Waals surface area contributed by atoms with E-state index < -0.39 is 24.0 Å². The quantitative estimate of drug-likeness (QED) is 0.794. The number of aliphatic carboxylic acids is 1. The fourth-order valence-corrected chi connectivity index (χ4v) is 3.78. The van der Waals surface area contributed by atoms with Crippen LogP contribution in [0.3, 0.4) is 0 Å². The van der Waals surface area contributed by atoms with E-state index in [0.29, 0.717) is 12.0 Å². The molecule has 2 heterocycles. The molecule has 0 saturated carbocycles. The summed E-state index contributed by atoms with van der Waals surface area (Å²) >= 11 is 1.49.